The molecule has 1 aliphatic rings. The summed E-state index contributed by atoms with van der Waals surface area (Å²) in [7, 11) is 3.01. The summed E-state index contributed by atoms with van der Waals surface area (Å²) in [6, 6.07) is 12.7. The molecule has 1 aliphatic carbocycles. The second-order valence-corrected chi connectivity index (χ2v) is 16.9. The fourth-order valence-corrected chi connectivity index (χ4v) is 6.15. The van der Waals surface area contributed by atoms with Crippen molar-refractivity contribution in [2.45, 2.75) is 125 Å². The number of aryl methyl sites for hydroxylation is 1. The summed E-state index contributed by atoms with van der Waals surface area (Å²) in [6.45, 7) is 19.9. The first-order valence-electron chi connectivity index (χ1n) is 25.2. The molecule has 0 aromatic heterocycles. The molecular formula is C55H95N9O8S. The van der Waals surface area contributed by atoms with Crippen LogP contribution < -0.4 is 48.7 Å². The predicted octanol–water partition coefficient (Wildman–Crippen LogP) is 5.45. The van der Waals surface area contributed by atoms with Gasteiger partial charge in [-0.1, -0.05) is 146 Å². The second-order valence-electron chi connectivity index (χ2n) is 16.9. The van der Waals surface area contributed by atoms with Crippen LogP contribution in [0.25, 0.3) is 5.57 Å². The van der Waals surface area contributed by atoms with E-state index in [1.807, 2.05) is 45.9 Å². The molecular weight excluding hydrogens is 947 g/mol. The molecule has 2 atom stereocenters. The number of allylic oxidation sites excluding steroid dienone is 5. The van der Waals surface area contributed by atoms with Crippen LogP contribution in [0.5, 0.6) is 5.75 Å². The molecule has 414 valence electrons. The van der Waals surface area contributed by atoms with Crippen LogP contribution in [0.4, 0.5) is 0 Å². The molecule has 1 unspecified atom stereocenters. The monoisotopic (exact) mass is 1040 g/mol. The van der Waals surface area contributed by atoms with Gasteiger partial charge < -0.3 is 58.6 Å². The number of carbonyl (C=O) groups excluding carboxylic acids is 7. The Bertz CT molecular complexity index is 1830. The summed E-state index contributed by atoms with van der Waals surface area (Å²) in [4.78, 5) is 82.0. The number of amides is 6. The molecule has 0 spiro atoms. The number of phenols is 1. The summed E-state index contributed by atoms with van der Waals surface area (Å²) >= 11 is 3.53. The minimum atomic E-state index is -0.994. The Balaban J connectivity index is -0.000000559. The number of carbonyl (C=O) groups is 7. The van der Waals surface area contributed by atoms with Crippen LogP contribution in [-0.4, -0.2) is 119 Å². The molecule has 0 aliphatic heterocycles. The lowest BCUT2D eigenvalue weighted by molar-refractivity contribution is -0.132. The maximum Gasteiger partial charge on any atom is 0.243 e. The standard InChI is InChI=1S/C25H39N7O7.C14H16.C7H14.C4H11N.C2H7N.C2H4O.CH4S/c1-15(2)9-18(24(38)29-13-21(35)28-12-20(34)27-4)31-23(37)14-30-25(39)19(32-22(36)11-26-3)10-16-5-7-17(33)8-6-16;1-4-6-13(7-5-2)14-10-8-12(3)9-11-14;1-7-5-3-2-4-6-7;1-2-3-4-5;2*1-2-3;1-2/h5-8,15,18-19,26,33H,9-14H2,1-4H3,(H,27,34)(H,28,35)(H,29,38)(H,30,39)(H,31,37)(H,32,36);4-11H,1H2,2-3H3;7H,2-6H2,1H3;2-5H2,1H3;2-3H2,1H3;2H,1H3;2H,1H3/b;7-5-,13-6+;;;;;/t18?,19-;;;;;;/m0....../s1. The molecule has 73 heavy (non-hydrogen) atoms. The highest BCUT2D eigenvalue weighted by Gasteiger charge is 2.25. The van der Waals surface area contributed by atoms with Gasteiger partial charge in [-0.25, -0.2) is 0 Å². The van der Waals surface area contributed by atoms with E-state index in [1.54, 1.807) is 25.4 Å². The smallest absolute Gasteiger partial charge is 0.243 e. The van der Waals surface area contributed by atoms with Crippen LogP contribution in [-0.2, 0) is 40.0 Å². The van der Waals surface area contributed by atoms with E-state index in [-0.39, 0.29) is 44.1 Å². The number of phenolic OH excluding ortho intramolecular Hbond substituents is 1. The van der Waals surface area contributed by atoms with Crippen LogP contribution in [0, 0.1) is 18.8 Å². The highest BCUT2D eigenvalue weighted by molar-refractivity contribution is 7.79. The number of hydrogen-bond acceptors (Lipinski definition) is 12. The molecule has 12 N–H and O–H groups in total. The molecule has 1 fully saturated rings. The summed E-state index contributed by atoms with van der Waals surface area (Å²) in [5.41, 5.74) is 14.4. The average Bonchev–Trinajstić information content (AvgIpc) is 3.36. The Morgan fingerprint density at radius 1 is 0.767 bits per heavy atom. The Morgan fingerprint density at radius 3 is 1.68 bits per heavy atom. The third-order valence-electron chi connectivity index (χ3n) is 9.78. The number of hydrogen-bond donors (Lipinski definition) is 11. The van der Waals surface area contributed by atoms with Gasteiger partial charge in [-0.2, -0.15) is 12.6 Å². The van der Waals surface area contributed by atoms with E-state index >= 15 is 0 Å². The molecule has 18 heteroatoms. The maximum absolute atomic E-state index is 12.8. The minimum absolute atomic E-state index is 0.0182. The Morgan fingerprint density at radius 2 is 1.26 bits per heavy atom. The lowest BCUT2D eigenvalue weighted by atomic mass is 9.91. The van der Waals surface area contributed by atoms with Gasteiger partial charge in [0.15, 0.2) is 0 Å². The van der Waals surface area contributed by atoms with Crippen LogP contribution in [0.2, 0.25) is 0 Å². The first kappa shape index (κ1) is 73.7. The SMILES string of the molecule is C=C/C=C(\C=C/C)c1ccc(C)cc1.CC1CCCCC1.CC=O.CCCCN.CCN.CNCC(=O)N[C@@H](Cc1ccc(O)cc1)C(=O)NCC(=O)NC(CC(C)C)C(=O)NCC(=O)NCC(=O)NC.CS. The molecule has 6 amide bonds. The first-order valence-corrected chi connectivity index (χ1v) is 26.1. The number of aldehydes is 1. The van der Waals surface area contributed by atoms with Crippen molar-refractivity contribution in [3.05, 3.63) is 96.1 Å². The topological polar surface area (TPSA) is 276 Å². The van der Waals surface area contributed by atoms with E-state index in [1.165, 1.54) is 87.7 Å². The minimum Gasteiger partial charge on any atom is -0.508 e. The Hall–Kier alpha value is -5.82. The van der Waals surface area contributed by atoms with Gasteiger partial charge in [0.2, 0.25) is 35.4 Å². The molecule has 1 saturated carbocycles. The fraction of sp³-hybridized carbons (Fsp3) is 0.545. The third-order valence-corrected chi connectivity index (χ3v) is 9.78. The van der Waals surface area contributed by atoms with Gasteiger partial charge in [0.1, 0.15) is 24.1 Å². The van der Waals surface area contributed by atoms with Crippen molar-refractivity contribution in [3.8, 4) is 5.75 Å². The number of aromatic hydroxyl groups is 1. The number of nitrogens with two attached hydrogens (primary N) is 2. The Kier molecular flexibility index (Phi) is 51.6. The fourth-order valence-electron chi connectivity index (χ4n) is 6.15. The lowest BCUT2D eigenvalue weighted by Gasteiger charge is -2.21. The van der Waals surface area contributed by atoms with Crippen molar-refractivity contribution < 1.29 is 38.7 Å². The average molecular weight is 1040 g/mol. The molecule has 17 nitrogen and oxygen atoms in total. The number of benzene rings is 2. The summed E-state index contributed by atoms with van der Waals surface area (Å²) in [5, 5.41) is 26.9. The first-order chi connectivity index (χ1) is 34.9. The number of nitrogens with one attached hydrogen (secondary N) is 7. The summed E-state index contributed by atoms with van der Waals surface area (Å²) in [6.07, 6.45) is 20.6. The third kappa shape index (κ3) is 44.6. The van der Waals surface area contributed by atoms with E-state index in [0.717, 1.165) is 25.3 Å². The van der Waals surface area contributed by atoms with E-state index in [4.69, 9.17) is 16.3 Å². The van der Waals surface area contributed by atoms with E-state index in [0.29, 0.717) is 5.56 Å². The van der Waals surface area contributed by atoms with Gasteiger partial charge >= 0.3 is 0 Å². The van der Waals surface area contributed by atoms with Crippen LogP contribution >= 0.6 is 12.6 Å². The normalized spacial score (nSPS) is 12.2. The molecule has 2 aromatic rings. The predicted molar refractivity (Wildman–Crippen MR) is 304 cm³/mol. The molecule has 0 radical (unpaired) electrons. The van der Waals surface area contributed by atoms with Crippen molar-refractivity contribution in [1.82, 2.24) is 37.2 Å². The van der Waals surface area contributed by atoms with Gasteiger partial charge in [0.05, 0.1) is 26.2 Å². The largest absolute Gasteiger partial charge is 0.508 e. The summed E-state index contributed by atoms with van der Waals surface area (Å²) < 4.78 is 0. The second kappa shape index (κ2) is 51.1. The molecule has 2 aromatic carbocycles. The van der Waals surface area contributed by atoms with Gasteiger partial charge in [-0.15, -0.1) is 0 Å². The van der Waals surface area contributed by atoms with E-state index in [2.05, 4.69) is 108 Å². The Labute approximate surface area is 444 Å². The number of unbranched alkanes of at least 4 members (excludes halogenated alkanes) is 1. The van der Waals surface area contributed by atoms with Gasteiger partial charge in [0.25, 0.3) is 0 Å². The summed E-state index contributed by atoms with van der Waals surface area (Å²) in [5.74, 6) is -2.12. The number of rotatable bonds is 21. The zero-order chi connectivity index (χ0) is 56.4. The highest BCUT2D eigenvalue weighted by Crippen LogP contribution is 2.22. The van der Waals surface area contributed by atoms with Crippen molar-refractivity contribution in [2.24, 2.45) is 23.3 Å². The van der Waals surface area contributed by atoms with Crippen LogP contribution in [0.15, 0.2) is 79.4 Å². The number of likely N-dealkylation sites (N-methyl/N-ethyl adjacent to an activating group) is 2. The van der Waals surface area contributed by atoms with Crippen LogP contribution in [0.3, 0.4) is 0 Å². The van der Waals surface area contributed by atoms with Gasteiger partial charge in [-0.3, -0.25) is 28.8 Å². The molecule has 0 saturated heterocycles. The quantitative estimate of drug-likeness (QED) is 0.0425. The number of thiol groups is 1. The van der Waals surface area contributed by atoms with Crippen molar-refractivity contribution >= 4 is 59.9 Å². The van der Waals surface area contributed by atoms with E-state index in [9.17, 15) is 33.9 Å². The van der Waals surface area contributed by atoms with Crippen molar-refractivity contribution in [3.63, 3.8) is 0 Å². The molecule has 0 heterocycles. The van der Waals surface area contributed by atoms with Crippen molar-refractivity contribution in [2.75, 3.05) is 59.6 Å². The zero-order valence-electron chi connectivity index (χ0n) is 46.0. The van der Waals surface area contributed by atoms with E-state index < -0.39 is 54.1 Å². The van der Waals surface area contributed by atoms with Crippen LogP contribution in [0.1, 0.15) is 117 Å². The van der Waals surface area contributed by atoms with Crippen molar-refractivity contribution in [1.29, 1.82) is 0 Å². The maximum atomic E-state index is 12.8. The van der Waals surface area contributed by atoms with Gasteiger partial charge in [0, 0.05) is 13.5 Å². The zero-order valence-corrected chi connectivity index (χ0v) is 46.9. The van der Waals surface area contributed by atoms with Gasteiger partial charge in [-0.05, 0) is 101 Å². The molecule has 0 bridgehead atoms. The highest BCUT2D eigenvalue weighted by atomic mass is 32.1. The lowest BCUT2D eigenvalue weighted by Crippen LogP contribution is -2.54. The molecule has 3 rings (SSSR count).